The summed E-state index contributed by atoms with van der Waals surface area (Å²) in [6.45, 7) is 3.88. The molecule has 0 aromatic carbocycles. The first kappa shape index (κ1) is 14.1. The van der Waals surface area contributed by atoms with Crippen LogP contribution in [0, 0.1) is 0 Å². The van der Waals surface area contributed by atoms with Crippen molar-refractivity contribution in [1.82, 2.24) is 9.97 Å². The van der Waals surface area contributed by atoms with E-state index in [-0.39, 0.29) is 6.10 Å². The highest BCUT2D eigenvalue weighted by molar-refractivity contribution is 9.10. The highest BCUT2D eigenvalue weighted by Crippen LogP contribution is 2.32. The first-order valence-electron chi connectivity index (χ1n) is 5.78. The van der Waals surface area contributed by atoms with Crippen LogP contribution < -0.4 is 10.5 Å². The van der Waals surface area contributed by atoms with Gasteiger partial charge in [-0.2, -0.15) is 0 Å². The molecule has 2 rings (SSSR count). The Morgan fingerprint density at radius 2 is 2.11 bits per heavy atom. The standard InChI is InChI=1S/C13H14BrN3OS/c1-8(2)18-12-10(15)5-6-11(17-12)19-13-9(14)4-3-7-16-13/h3-8H,15H2,1-2H3. The van der Waals surface area contributed by atoms with Gasteiger partial charge in [-0.25, -0.2) is 9.97 Å². The second-order valence-electron chi connectivity index (χ2n) is 4.10. The third-order valence-electron chi connectivity index (χ3n) is 2.14. The van der Waals surface area contributed by atoms with E-state index in [1.54, 1.807) is 12.3 Å². The fourth-order valence-corrected chi connectivity index (χ4v) is 2.59. The van der Waals surface area contributed by atoms with Crippen molar-refractivity contribution in [3.8, 4) is 5.88 Å². The van der Waals surface area contributed by atoms with Crippen LogP contribution in [0.5, 0.6) is 5.88 Å². The predicted octanol–water partition coefficient (Wildman–Crippen LogP) is 3.76. The van der Waals surface area contributed by atoms with Crippen LogP contribution in [0.4, 0.5) is 5.69 Å². The predicted molar refractivity (Wildman–Crippen MR) is 80.5 cm³/mol. The third kappa shape index (κ3) is 3.84. The Bertz CT molecular complexity index is 578. The summed E-state index contributed by atoms with van der Waals surface area (Å²) in [6, 6.07) is 7.47. The van der Waals surface area contributed by atoms with Gasteiger partial charge in [-0.05, 0) is 65.8 Å². The van der Waals surface area contributed by atoms with E-state index in [0.29, 0.717) is 11.6 Å². The van der Waals surface area contributed by atoms with E-state index >= 15 is 0 Å². The number of aromatic nitrogens is 2. The summed E-state index contributed by atoms with van der Waals surface area (Å²) >= 11 is 4.92. The molecule has 2 N–H and O–H groups in total. The van der Waals surface area contributed by atoms with Crippen molar-refractivity contribution in [2.45, 2.75) is 30.0 Å². The minimum Gasteiger partial charge on any atom is -0.473 e. The number of ether oxygens (including phenoxy) is 1. The molecule has 0 spiro atoms. The Kier molecular flexibility index (Phi) is 4.66. The maximum Gasteiger partial charge on any atom is 0.238 e. The summed E-state index contributed by atoms with van der Waals surface area (Å²) in [6.07, 6.45) is 1.78. The van der Waals surface area contributed by atoms with Crippen LogP contribution in [0.25, 0.3) is 0 Å². The molecule has 0 radical (unpaired) electrons. The zero-order chi connectivity index (χ0) is 13.8. The van der Waals surface area contributed by atoms with E-state index in [1.807, 2.05) is 32.0 Å². The number of hydrogen-bond acceptors (Lipinski definition) is 5. The van der Waals surface area contributed by atoms with Crippen LogP contribution >= 0.6 is 27.7 Å². The summed E-state index contributed by atoms with van der Waals surface area (Å²) < 4.78 is 6.51. The molecule has 2 aromatic heterocycles. The van der Waals surface area contributed by atoms with Gasteiger partial charge < -0.3 is 10.5 Å². The molecule has 19 heavy (non-hydrogen) atoms. The topological polar surface area (TPSA) is 61.0 Å². The van der Waals surface area contributed by atoms with Crippen LogP contribution in [0.1, 0.15) is 13.8 Å². The number of nitrogens with zero attached hydrogens (tertiary/aromatic N) is 2. The number of halogens is 1. The number of rotatable bonds is 4. The van der Waals surface area contributed by atoms with Gasteiger partial charge >= 0.3 is 0 Å². The lowest BCUT2D eigenvalue weighted by atomic mass is 10.4. The molecule has 0 amide bonds. The van der Waals surface area contributed by atoms with Crippen molar-refractivity contribution in [2.75, 3.05) is 5.73 Å². The van der Waals surface area contributed by atoms with Gasteiger partial charge in [0, 0.05) is 6.20 Å². The Hall–Kier alpha value is -1.27. The second-order valence-corrected chi connectivity index (χ2v) is 5.97. The van der Waals surface area contributed by atoms with Crippen LogP contribution in [0.3, 0.4) is 0 Å². The van der Waals surface area contributed by atoms with E-state index in [1.165, 1.54) is 11.8 Å². The number of hydrogen-bond donors (Lipinski definition) is 1. The van der Waals surface area contributed by atoms with Gasteiger partial charge in [0.1, 0.15) is 10.1 Å². The van der Waals surface area contributed by atoms with Gasteiger partial charge in [-0.1, -0.05) is 0 Å². The van der Waals surface area contributed by atoms with Gasteiger partial charge in [0.05, 0.1) is 16.3 Å². The van der Waals surface area contributed by atoms with Gasteiger partial charge in [0.25, 0.3) is 0 Å². The van der Waals surface area contributed by atoms with Crippen molar-refractivity contribution in [3.63, 3.8) is 0 Å². The molecule has 100 valence electrons. The molecule has 2 heterocycles. The number of nitrogens with two attached hydrogens (primary N) is 1. The first-order valence-corrected chi connectivity index (χ1v) is 7.38. The van der Waals surface area contributed by atoms with Crippen LogP contribution in [0.15, 0.2) is 45.0 Å². The molecule has 0 fully saturated rings. The zero-order valence-corrected chi connectivity index (χ0v) is 13.0. The smallest absolute Gasteiger partial charge is 0.238 e. The maximum atomic E-state index is 5.84. The van der Waals surface area contributed by atoms with Crippen LogP contribution in [-0.4, -0.2) is 16.1 Å². The molecule has 0 saturated heterocycles. The van der Waals surface area contributed by atoms with Crippen LogP contribution in [-0.2, 0) is 0 Å². The molecule has 0 aliphatic carbocycles. The molecule has 2 aromatic rings. The molecule has 0 aliphatic rings. The summed E-state index contributed by atoms with van der Waals surface area (Å²) in [4.78, 5) is 8.69. The number of anilines is 1. The molecule has 0 aliphatic heterocycles. The van der Waals surface area contributed by atoms with Gasteiger partial charge in [0.2, 0.25) is 5.88 Å². The molecule has 6 heteroatoms. The molecule has 0 saturated carbocycles. The third-order valence-corrected chi connectivity index (χ3v) is 3.99. The van der Waals surface area contributed by atoms with Crippen molar-refractivity contribution in [1.29, 1.82) is 0 Å². The SMILES string of the molecule is CC(C)Oc1nc(Sc2ncccc2Br)ccc1N. The minimum atomic E-state index is 0.0386. The largest absolute Gasteiger partial charge is 0.473 e. The van der Waals surface area contributed by atoms with Crippen molar-refractivity contribution >= 4 is 33.4 Å². The normalized spacial score (nSPS) is 10.7. The monoisotopic (exact) mass is 339 g/mol. The lowest BCUT2D eigenvalue weighted by Crippen LogP contribution is -2.09. The molecule has 0 bridgehead atoms. The van der Waals surface area contributed by atoms with Gasteiger partial charge in [-0.3, -0.25) is 0 Å². The van der Waals surface area contributed by atoms with Crippen molar-refractivity contribution < 1.29 is 4.74 Å². The highest BCUT2D eigenvalue weighted by Gasteiger charge is 2.09. The van der Waals surface area contributed by atoms with Crippen LogP contribution in [0.2, 0.25) is 0 Å². The first-order chi connectivity index (χ1) is 9.06. The average Bonchev–Trinajstić information content (AvgIpc) is 2.35. The molecular formula is C13H14BrN3OS. The van der Waals surface area contributed by atoms with Crippen molar-refractivity contribution in [2.24, 2.45) is 0 Å². The molecule has 4 nitrogen and oxygen atoms in total. The van der Waals surface area contributed by atoms with E-state index in [4.69, 9.17) is 10.5 Å². The fraction of sp³-hybridized carbons (Fsp3) is 0.231. The Balaban J connectivity index is 2.24. The lowest BCUT2D eigenvalue weighted by molar-refractivity contribution is 0.232. The quantitative estimate of drug-likeness (QED) is 0.918. The van der Waals surface area contributed by atoms with E-state index in [0.717, 1.165) is 14.5 Å². The zero-order valence-electron chi connectivity index (χ0n) is 10.6. The summed E-state index contributed by atoms with van der Waals surface area (Å²) in [5, 5.41) is 1.65. The van der Waals surface area contributed by atoms with E-state index in [2.05, 4.69) is 25.9 Å². The second kappa shape index (κ2) is 6.25. The van der Waals surface area contributed by atoms with Gasteiger partial charge in [0.15, 0.2) is 0 Å². The lowest BCUT2D eigenvalue weighted by Gasteiger charge is -2.12. The summed E-state index contributed by atoms with van der Waals surface area (Å²) in [7, 11) is 0. The number of nitrogen functional groups attached to an aromatic ring is 1. The van der Waals surface area contributed by atoms with Crippen molar-refractivity contribution in [3.05, 3.63) is 34.9 Å². The molecule has 0 atom stereocenters. The maximum absolute atomic E-state index is 5.84. The fourth-order valence-electron chi connectivity index (χ4n) is 1.35. The van der Waals surface area contributed by atoms with Gasteiger partial charge in [-0.15, -0.1) is 0 Å². The number of pyridine rings is 2. The summed E-state index contributed by atoms with van der Waals surface area (Å²) in [5.74, 6) is 0.465. The average molecular weight is 340 g/mol. The Morgan fingerprint density at radius 3 is 2.79 bits per heavy atom. The Labute approximate surface area is 124 Å². The van der Waals surface area contributed by atoms with E-state index in [9.17, 15) is 0 Å². The summed E-state index contributed by atoms with van der Waals surface area (Å²) in [5.41, 5.74) is 6.38. The van der Waals surface area contributed by atoms with E-state index < -0.39 is 0 Å². The molecular weight excluding hydrogens is 326 g/mol. The Morgan fingerprint density at radius 1 is 1.32 bits per heavy atom. The molecule has 0 unspecified atom stereocenters. The minimum absolute atomic E-state index is 0.0386. The highest BCUT2D eigenvalue weighted by atomic mass is 79.9.